The van der Waals surface area contributed by atoms with Crippen molar-refractivity contribution in [1.82, 2.24) is 8.87 Å². The topological polar surface area (TPSA) is 42.3 Å². The monoisotopic (exact) mass is 402 g/mol. The lowest BCUT2D eigenvalue weighted by molar-refractivity contribution is 0.384. The summed E-state index contributed by atoms with van der Waals surface area (Å²) in [6.07, 6.45) is 3.61. The minimum Gasteiger partial charge on any atom is -0.353 e. The van der Waals surface area contributed by atoms with Crippen molar-refractivity contribution >= 4 is 37.6 Å². The van der Waals surface area contributed by atoms with Gasteiger partial charge in [0, 0.05) is 30.0 Å². The van der Waals surface area contributed by atoms with Crippen molar-refractivity contribution in [2.24, 2.45) is 7.05 Å². The average Bonchev–Trinajstić information content (AvgIpc) is 3.06. The van der Waals surface area contributed by atoms with E-state index < -0.39 is 10.0 Å². The largest absolute Gasteiger partial charge is 0.353 e. The molecule has 0 aliphatic carbocycles. The van der Waals surface area contributed by atoms with Gasteiger partial charge in [-0.15, -0.1) is 0 Å². The SMILES string of the molecule is Cn1cccc1[C@@H]1CCCN1S(=O)(=O)c1ccc(Br)cc1Cl. The molecule has 0 saturated carbocycles. The summed E-state index contributed by atoms with van der Waals surface area (Å²) in [4.78, 5) is 0.165. The molecule has 118 valence electrons. The second-order valence-corrected chi connectivity index (χ2v) is 8.57. The highest BCUT2D eigenvalue weighted by Gasteiger charge is 2.38. The minimum atomic E-state index is -3.61. The van der Waals surface area contributed by atoms with Crippen LogP contribution in [0.5, 0.6) is 0 Å². The van der Waals surface area contributed by atoms with Gasteiger partial charge in [0.1, 0.15) is 4.90 Å². The molecule has 1 saturated heterocycles. The molecule has 4 nitrogen and oxygen atoms in total. The third kappa shape index (κ3) is 2.73. The number of sulfonamides is 1. The Morgan fingerprint density at radius 1 is 1.32 bits per heavy atom. The van der Waals surface area contributed by atoms with Crippen molar-refractivity contribution in [1.29, 1.82) is 0 Å². The smallest absolute Gasteiger partial charge is 0.245 e. The molecule has 1 aromatic heterocycles. The fourth-order valence-electron chi connectivity index (χ4n) is 2.95. The first kappa shape index (κ1) is 16.1. The number of rotatable bonds is 3. The van der Waals surface area contributed by atoms with Crippen LogP contribution in [0.15, 0.2) is 45.9 Å². The zero-order chi connectivity index (χ0) is 15.9. The number of hydrogen-bond donors (Lipinski definition) is 0. The lowest BCUT2D eigenvalue weighted by atomic mass is 10.1. The van der Waals surface area contributed by atoms with E-state index in [0.717, 1.165) is 23.0 Å². The molecule has 0 spiro atoms. The number of hydrogen-bond acceptors (Lipinski definition) is 2. The minimum absolute atomic E-state index is 0.135. The number of nitrogens with zero attached hydrogens (tertiary/aromatic N) is 2. The van der Waals surface area contributed by atoms with Crippen LogP contribution in [0.25, 0.3) is 0 Å². The van der Waals surface area contributed by atoms with Crippen LogP contribution < -0.4 is 0 Å². The molecule has 3 rings (SSSR count). The highest BCUT2D eigenvalue weighted by molar-refractivity contribution is 9.10. The Balaban J connectivity index is 2.03. The predicted octanol–water partition coefficient (Wildman–Crippen LogP) is 3.97. The van der Waals surface area contributed by atoms with E-state index in [1.165, 1.54) is 0 Å². The third-order valence-corrected chi connectivity index (χ3v) is 6.89. The molecule has 1 fully saturated rings. The molecule has 2 heterocycles. The maximum Gasteiger partial charge on any atom is 0.245 e. The molecular formula is C15H16BrClN2O2S. The molecule has 0 unspecified atom stereocenters. The van der Waals surface area contributed by atoms with E-state index in [-0.39, 0.29) is 16.0 Å². The fourth-order valence-corrected chi connectivity index (χ4v) is 5.64. The Bertz CT molecular complexity index is 804. The first-order valence-corrected chi connectivity index (χ1v) is 9.60. The predicted molar refractivity (Wildman–Crippen MR) is 90.4 cm³/mol. The van der Waals surface area contributed by atoms with Crippen LogP contribution in [0.4, 0.5) is 0 Å². The summed E-state index contributed by atoms with van der Waals surface area (Å²) in [5, 5.41) is 0.243. The second-order valence-electron chi connectivity index (χ2n) is 5.39. The van der Waals surface area contributed by atoms with Gasteiger partial charge in [-0.1, -0.05) is 27.5 Å². The summed E-state index contributed by atoms with van der Waals surface area (Å²) in [5.74, 6) is 0. The van der Waals surface area contributed by atoms with Gasteiger partial charge in [0.05, 0.1) is 11.1 Å². The van der Waals surface area contributed by atoms with E-state index in [9.17, 15) is 8.42 Å². The molecule has 2 aromatic rings. The van der Waals surface area contributed by atoms with Gasteiger partial charge in [0.25, 0.3) is 0 Å². The van der Waals surface area contributed by atoms with Crippen molar-refractivity contribution in [2.45, 2.75) is 23.8 Å². The second kappa shape index (κ2) is 6.00. The summed E-state index contributed by atoms with van der Waals surface area (Å²) in [7, 11) is -1.68. The maximum atomic E-state index is 13.0. The van der Waals surface area contributed by atoms with Crippen molar-refractivity contribution in [3.05, 3.63) is 51.7 Å². The highest BCUT2D eigenvalue weighted by atomic mass is 79.9. The van der Waals surface area contributed by atoms with Gasteiger partial charge >= 0.3 is 0 Å². The first-order chi connectivity index (χ1) is 10.4. The first-order valence-electron chi connectivity index (χ1n) is 6.99. The molecule has 1 atom stereocenters. The van der Waals surface area contributed by atoms with Crippen molar-refractivity contribution in [2.75, 3.05) is 6.54 Å². The van der Waals surface area contributed by atoms with Gasteiger partial charge in [-0.05, 0) is 43.2 Å². The van der Waals surface area contributed by atoms with Crippen molar-refractivity contribution < 1.29 is 8.42 Å². The Hall–Kier alpha value is -0.820. The number of aromatic nitrogens is 1. The molecule has 1 aliphatic rings. The molecule has 22 heavy (non-hydrogen) atoms. The quantitative estimate of drug-likeness (QED) is 0.778. The van der Waals surface area contributed by atoms with Crippen LogP contribution in [0.1, 0.15) is 24.6 Å². The summed E-state index contributed by atoms with van der Waals surface area (Å²) < 4.78 is 30.3. The third-order valence-electron chi connectivity index (χ3n) is 4.01. The van der Waals surface area contributed by atoms with E-state index in [2.05, 4.69) is 15.9 Å². The lowest BCUT2D eigenvalue weighted by Crippen LogP contribution is -2.31. The van der Waals surface area contributed by atoms with Gasteiger partial charge in [0.15, 0.2) is 0 Å². The van der Waals surface area contributed by atoms with Crippen LogP contribution in [-0.4, -0.2) is 23.8 Å². The Morgan fingerprint density at radius 3 is 2.73 bits per heavy atom. The molecule has 1 aromatic carbocycles. The highest BCUT2D eigenvalue weighted by Crippen LogP contribution is 2.38. The zero-order valence-electron chi connectivity index (χ0n) is 12.0. The summed E-state index contributed by atoms with van der Waals surface area (Å²) >= 11 is 9.46. The number of halogens is 2. The van der Waals surface area contributed by atoms with E-state index >= 15 is 0 Å². The van der Waals surface area contributed by atoms with Crippen LogP contribution in [0.2, 0.25) is 5.02 Å². The van der Waals surface area contributed by atoms with Crippen LogP contribution in [0.3, 0.4) is 0 Å². The van der Waals surface area contributed by atoms with E-state index in [1.54, 1.807) is 22.5 Å². The van der Waals surface area contributed by atoms with Crippen LogP contribution in [-0.2, 0) is 17.1 Å². The van der Waals surface area contributed by atoms with E-state index in [4.69, 9.17) is 11.6 Å². The van der Waals surface area contributed by atoms with E-state index in [0.29, 0.717) is 6.54 Å². The van der Waals surface area contributed by atoms with Crippen molar-refractivity contribution in [3.63, 3.8) is 0 Å². The normalized spacial score (nSPS) is 19.7. The molecule has 1 aliphatic heterocycles. The number of benzene rings is 1. The van der Waals surface area contributed by atoms with Gasteiger partial charge < -0.3 is 4.57 Å². The van der Waals surface area contributed by atoms with Gasteiger partial charge in [0.2, 0.25) is 10.0 Å². The Labute approximate surface area is 143 Å². The van der Waals surface area contributed by atoms with E-state index in [1.807, 2.05) is 29.9 Å². The van der Waals surface area contributed by atoms with Crippen LogP contribution >= 0.6 is 27.5 Å². The maximum absolute atomic E-state index is 13.0. The fraction of sp³-hybridized carbons (Fsp3) is 0.333. The Kier molecular flexibility index (Phi) is 4.38. The standard InChI is InChI=1S/C15H16BrClN2O2S/c1-18-8-2-4-13(18)14-5-3-9-19(14)22(20,21)15-7-6-11(16)10-12(15)17/h2,4,6-8,10,14H,3,5,9H2,1H3/t14-/m0/s1. The van der Waals surface area contributed by atoms with Crippen molar-refractivity contribution in [3.8, 4) is 0 Å². The molecular weight excluding hydrogens is 388 g/mol. The number of aryl methyl sites for hydroxylation is 1. The molecule has 0 bridgehead atoms. The summed E-state index contributed by atoms with van der Waals surface area (Å²) in [6.45, 7) is 0.518. The van der Waals surface area contributed by atoms with Gasteiger partial charge in [-0.3, -0.25) is 0 Å². The van der Waals surface area contributed by atoms with Gasteiger partial charge in [-0.2, -0.15) is 4.31 Å². The summed E-state index contributed by atoms with van der Waals surface area (Å²) in [6, 6.07) is 8.65. The molecule has 0 amide bonds. The molecule has 0 radical (unpaired) electrons. The molecule has 0 N–H and O–H groups in total. The zero-order valence-corrected chi connectivity index (χ0v) is 15.2. The Morgan fingerprint density at radius 2 is 2.09 bits per heavy atom. The average molecular weight is 404 g/mol. The summed E-state index contributed by atoms with van der Waals surface area (Å²) in [5.41, 5.74) is 1.01. The molecule has 7 heteroatoms. The van der Waals surface area contributed by atoms with Crippen LogP contribution in [0, 0.1) is 0 Å². The lowest BCUT2D eigenvalue weighted by Gasteiger charge is -2.25. The van der Waals surface area contributed by atoms with Gasteiger partial charge in [-0.25, -0.2) is 8.42 Å².